The van der Waals surface area contributed by atoms with Gasteiger partial charge in [-0.3, -0.25) is 0 Å². The van der Waals surface area contributed by atoms with Crippen molar-refractivity contribution in [3.63, 3.8) is 0 Å². The van der Waals surface area contributed by atoms with Crippen LogP contribution in [0, 0.1) is 0 Å². The van der Waals surface area contributed by atoms with Gasteiger partial charge in [-0.15, -0.1) is 0 Å². The molecule has 2 aromatic carbocycles. The first-order valence-electron chi connectivity index (χ1n) is 7.15. The lowest BCUT2D eigenvalue weighted by Crippen LogP contribution is -2.02. The average molecular weight is 286 g/mol. The topological polar surface area (TPSA) is 38.7 Å². The summed E-state index contributed by atoms with van der Waals surface area (Å²) in [6, 6.07) is 13.8. The minimum Gasteiger partial charge on any atom is -0.493 e. The quantitative estimate of drug-likeness (QED) is 0.882. The van der Waals surface area contributed by atoms with Crippen molar-refractivity contribution in [2.45, 2.75) is 25.9 Å². The molecule has 0 fully saturated rings. The van der Waals surface area contributed by atoms with Crippen molar-refractivity contribution in [2.75, 3.05) is 14.2 Å². The Morgan fingerprint density at radius 2 is 1.52 bits per heavy atom. The monoisotopic (exact) mass is 286 g/mol. The van der Waals surface area contributed by atoms with E-state index in [1.165, 1.54) is 5.56 Å². The molecule has 0 aliphatic rings. The first-order chi connectivity index (χ1) is 10.2. The van der Waals surface area contributed by atoms with Crippen LogP contribution in [-0.4, -0.2) is 19.3 Å². The van der Waals surface area contributed by atoms with E-state index in [1.807, 2.05) is 30.3 Å². The molecule has 1 unspecified atom stereocenters. The standard InChI is InChI=1S/C18H22O3/c1-4-13-5-8-15(9-6-13)16(19)11-14-7-10-17(20-2)18(12-14)21-3/h5-10,12,16,19H,4,11H2,1-3H3. The van der Waals surface area contributed by atoms with Crippen LogP contribution >= 0.6 is 0 Å². The lowest BCUT2D eigenvalue weighted by atomic mass is 9.99. The van der Waals surface area contributed by atoms with Crippen LogP contribution < -0.4 is 9.47 Å². The molecule has 0 aromatic heterocycles. The van der Waals surface area contributed by atoms with Crippen LogP contribution in [0.1, 0.15) is 29.7 Å². The van der Waals surface area contributed by atoms with Crippen molar-refractivity contribution in [3.8, 4) is 11.5 Å². The molecule has 0 aliphatic heterocycles. The largest absolute Gasteiger partial charge is 0.493 e. The third-order valence-electron chi connectivity index (χ3n) is 3.65. The smallest absolute Gasteiger partial charge is 0.160 e. The summed E-state index contributed by atoms with van der Waals surface area (Å²) in [5.74, 6) is 1.38. The summed E-state index contributed by atoms with van der Waals surface area (Å²) < 4.78 is 10.5. The Morgan fingerprint density at radius 3 is 2.10 bits per heavy atom. The predicted molar refractivity (Wildman–Crippen MR) is 84.0 cm³/mol. The molecule has 0 aliphatic carbocycles. The molecule has 0 saturated heterocycles. The van der Waals surface area contributed by atoms with Gasteiger partial charge in [0.25, 0.3) is 0 Å². The summed E-state index contributed by atoms with van der Waals surface area (Å²) in [5.41, 5.74) is 3.22. The summed E-state index contributed by atoms with van der Waals surface area (Å²) in [6.45, 7) is 2.12. The van der Waals surface area contributed by atoms with E-state index in [9.17, 15) is 5.11 Å². The highest BCUT2D eigenvalue weighted by atomic mass is 16.5. The van der Waals surface area contributed by atoms with Crippen molar-refractivity contribution in [1.29, 1.82) is 0 Å². The Bertz CT molecular complexity index is 576. The van der Waals surface area contributed by atoms with E-state index in [1.54, 1.807) is 14.2 Å². The Morgan fingerprint density at radius 1 is 0.905 bits per heavy atom. The van der Waals surface area contributed by atoms with E-state index in [2.05, 4.69) is 19.1 Å². The molecule has 0 spiro atoms. The second-order valence-corrected chi connectivity index (χ2v) is 5.00. The molecule has 3 nitrogen and oxygen atoms in total. The maximum absolute atomic E-state index is 10.4. The molecular formula is C18H22O3. The Labute approximate surface area is 126 Å². The first kappa shape index (κ1) is 15.4. The van der Waals surface area contributed by atoms with Crippen LogP contribution in [0.4, 0.5) is 0 Å². The van der Waals surface area contributed by atoms with Gasteiger partial charge in [-0.05, 0) is 35.2 Å². The zero-order valence-electron chi connectivity index (χ0n) is 12.8. The van der Waals surface area contributed by atoms with E-state index in [-0.39, 0.29) is 0 Å². The number of ether oxygens (including phenoxy) is 2. The molecular weight excluding hydrogens is 264 g/mol. The van der Waals surface area contributed by atoms with Gasteiger partial charge in [0.1, 0.15) is 0 Å². The highest BCUT2D eigenvalue weighted by Crippen LogP contribution is 2.29. The Kier molecular flexibility index (Phi) is 5.23. The second kappa shape index (κ2) is 7.14. The summed E-state index contributed by atoms with van der Waals surface area (Å²) >= 11 is 0. The van der Waals surface area contributed by atoms with Crippen LogP contribution in [0.2, 0.25) is 0 Å². The Balaban J connectivity index is 2.12. The van der Waals surface area contributed by atoms with Crippen LogP contribution in [0.3, 0.4) is 0 Å². The third kappa shape index (κ3) is 3.76. The lowest BCUT2D eigenvalue weighted by molar-refractivity contribution is 0.178. The molecule has 112 valence electrons. The highest BCUT2D eigenvalue weighted by Gasteiger charge is 2.11. The van der Waals surface area contributed by atoms with Gasteiger partial charge >= 0.3 is 0 Å². The minimum absolute atomic E-state index is 0.519. The fourth-order valence-electron chi connectivity index (χ4n) is 2.32. The number of aliphatic hydroxyl groups is 1. The molecule has 0 heterocycles. The van der Waals surface area contributed by atoms with Crippen molar-refractivity contribution in [2.24, 2.45) is 0 Å². The molecule has 1 atom stereocenters. The van der Waals surface area contributed by atoms with Crippen molar-refractivity contribution in [3.05, 3.63) is 59.2 Å². The van der Waals surface area contributed by atoms with Gasteiger partial charge in [-0.1, -0.05) is 37.3 Å². The van der Waals surface area contributed by atoms with Gasteiger partial charge < -0.3 is 14.6 Å². The van der Waals surface area contributed by atoms with Gasteiger partial charge in [0, 0.05) is 6.42 Å². The fraction of sp³-hybridized carbons (Fsp3) is 0.333. The molecule has 0 radical (unpaired) electrons. The van der Waals surface area contributed by atoms with Crippen molar-refractivity contribution < 1.29 is 14.6 Å². The lowest BCUT2D eigenvalue weighted by Gasteiger charge is -2.14. The average Bonchev–Trinajstić information content (AvgIpc) is 2.54. The van der Waals surface area contributed by atoms with Crippen LogP contribution in [0.15, 0.2) is 42.5 Å². The fourth-order valence-corrected chi connectivity index (χ4v) is 2.32. The summed E-state index contributed by atoms with van der Waals surface area (Å²) in [4.78, 5) is 0. The number of aliphatic hydroxyl groups excluding tert-OH is 1. The van der Waals surface area contributed by atoms with E-state index in [0.29, 0.717) is 17.9 Å². The maximum Gasteiger partial charge on any atom is 0.160 e. The second-order valence-electron chi connectivity index (χ2n) is 5.00. The SMILES string of the molecule is CCc1ccc(C(O)Cc2ccc(OC)c(OC)c2)cc1. The predicted octanol–water partition coefficient (Wildman–Crippen LogP) is 3.54. The number of methoxy groups -OCH3 is 2. The highest BCUT2D eigenvalue weighted by molar-refractivity contribution is 5.43. The molecule has 1 N–H and O–H groups in total. The van der Waals surface area contributed by atoms with Crippen LogP contribution in [0.25, 0.3) is 0 Å². The summed E-state index contributed by atoms with van der Waals surface area (Å²) in [5, 5.41) is 10.4. The molecule has 0 amide bonds. The van der Waals surface area contributed by atoms with Crippen LogP contribution in [-0.2, 0) is 12.8 Å². The van der Waals surface area contributed by atoms with Gasteiger partial charge in [0.15, 0.2) is 11.5 Å². The van der Waals surface area contributed by atoms with Crippen LogP contribution in [0.5, 0.6) is 11.5 Å². The van der Waals surface area contributed by atoms with Crippen molar-refractivity contribution >= 4 is 0 Å². The number of hydrogen-bond donors (Lipinski definition) is 1. The number of aryl methyl sites for hydroxylation is 1. The van der Waals surface area contributed by atoms with Gasteiger partial charge in [-0.25, -0.2) is 0 Å². The first-order valence-corrected chi connectivity index (χ1v) is 7.15. The zero-order chi connectivity index (χ0) is 15.2. The van der Waals surface area contributed by atoms with E-state index < -0.39 is 6.10 Å². The van der Waals surface area contributed by atoms with Gasteiger partial charge in [0.05, 0.1) is 20.3 Å². The van der Waals surface area contributed by atoms with E-state index >= 15 is 0 Å². The normalized spacial score (nSPS) is 12.0. The molecule has 21 heavy (non-hydrogen) atoms. The van der Waals surface area contributed by atoms with Gasteiger partial charge in [0.2, 0.25) is 0 Å². The third-order valence-corrected chi connectivity index (χ3v) is 3.65. The molecule has 0 bridgehead atoms. The molecule has 0 saturated carbocycles. The minimum atomic E-state index is -0.519. The molecule has 2 rings (SSSR count). The van der Waals surface area contributed by atoms with E-state index in [0.717, 1.165) is 17.5 Å². The number of hydrogen-bond acceptors (Lipinski definition) is 3. The zero-order valence-corrected chi connectivity index (χ0v) is 12.8. The summed E-state index contributed by atoms with van der Waals surface area (Å²) in [6.07, 6.45) is 1.03. The summed E-state index contributed by atoms with van der Waals surface area (Å²) in [7, 11) is 3.23. The van der Waals surface area contributed by atoms with Crippen molar-refractivity contribution in [1.82, 2.24) is 0 Å². The van der Waals surface area contributed by atoms with E-state index in [4.69, 9.17) is 9.47 Å². The number of rotatable bonds is 6. The number of benzene rings is 2. The molecule has 2 aromatic rings. The van der Waals surface area contributed by atoms with Gasteiger partial charge in [-0.2, -0.15) is 0 Å². The Hall–Kier alpha value is -2.00. The molecule has 3 heteroatoms. The maximum atomic E-state index is 10.4.